The summed E-state index contributed by atoms with van der Waals surface area (Å²) in [7, 11) is 0. The summed E-state index contributed by atoms with van der Waals surface area (Å²) in [5, 5.41) is 3.70. The molecule has 3 rings (SSSR count). The lowest BCUT2D eigenvalue weighted by molar-refractivity contribution is -0.132. The summed E-state index contributed by atoms with van der Waals surface area (Å²) >= 11 is 0. The second-order valence-electron chi connectivity index (χ2n) is 8.09. The summed E-state index contributed by atoms with van der Waals surface area (Å²) < 4.78 is 0. The van der Waals surface area contributed by atoms with Gasteiger partial charge in [0.05, 0.1) is 12.2 Å². The maximum Gasteiger partial charge on any atom is 0.241 e. The molecular weight excluding hydrogens is 260 g/mol. The number of amides is 1. The van der Waals surface area contributed by atoms with Crippen molar-refractivity contribution in [2.24, 2.45) is 17.3 Å². The average Bonchev–Trinajstić information content (AvgIpc) is 2.87. The van der Waals surface area contributed by atoms with Gasteiger partial charge in [0.1, 0.15) is 0 Å². The number of carbonyl (C=O) groups is 1. The molecule has 1 aliphatic heterocycles. The smallest absolute Gasteiger partial charge is 0.241 e. The molecule has 1 saturated heterocycles. The van der Waals surface area contributed by atoms with Gasteiger partial charge in [-0.2, -0.15) is 0 Å². The van der Waals surface area contributed by atoms with E-state index in [2.05, 4.69) is 31.0 Å². The standard InChI is InChI=1S/C18H32N2O/c1-4-9-18(10-11-18)12-20-16(14-7-5-6-8-14)19-15(13(2)3)17(20)21/h13-16,19H,4-12H2,1-3H3. The van der Waals surface area contributed by atoms with E-state index in [4.69, 9.17) is 0 Å². The fraction of sp³-hybridized carbons (Fsp3) is 0.944. The van der Waals surface area contributed by atoms with Crippen LogP contribution in [0.3, 0.4) is 0 Å². The summed E-state index contributed by atoms with van der Waals surface area (Å²) in [5.41, 5.74) is 0.467. The predicted molar refractivity (Wildman–Crippen MR) is 85.8 cm³/mol. The highest BCUT2D eigenvalue weighted by atomic mass is 16.2. The quantitative estimate of drug-likeness (QED) is 0.812. The molecule has 0 aromatic heterocycles. The van der Waals surface area contributed by atoms with Gasteiger partial charge in [-0.3, -0.25) is 10.1 Å². The van der Waals surface area contributed by atoms with E-state index < -0.39 is 0 Å². The van der Waals surface area contributed by atoms with Crippen LogP contribution in [0, 0.1) is 17.3 Å². The van der Waals surface area contributed by atoms with Gasteiger partial charge in [0.15, 0.2) is 0 Å². The van der Waals surface area contributed by atoms with Crippen molar-refractivity contribution in [2.75, 3.05) is 6.54 Å². The van der Waals surface area contributed by atoms with Crippen molar-refractivity contribution in [3.8, 4) is 0 Å². The Morgan fingerprint density at radius 3 is 2.48 bits per heavy atom. The SMILES string of the molecule is CCCC1(CN2C(=O)C(C(C)C)NC2C2CCCC2)CC1. The zero-order chi connectivity index (χ0) is 15.0. The number of rotatable bonds is 6. The van der Waals surface area contributed by atoms with E-state index in [0.29, 0.717) is 29.3 Å². The zero-order valence-corrected chi connectivity index (χ0v) is 14.0. The fourth-order valence-electron chi connectivity index (χ4n) is 4.53. The minimum atomic E-state index is 0.0491. The lowest BCUT2D eigenvalue weighted by atomic mass is 9.97. The van der Waals surface area contributed by atoms with Gasteiger partial charge in [-0.1, -0.05) is 40.0 Å². The van der Waals surface area contributed by atoms with Gasteiger partial charge in [-0.25, -0.2) is 0 Å². The summed E-state index contributed by atoms with van der Waals surface area (Å²) in [4.78, 5) is 15.1. The van der Waals surface area contributed by atoms with E-state index in [1.807, 2.05) is 0 Å². The highest BCUT2D eigenvalue weighted by Gasteiger charge is 2.50. The van der Waals surface area contributed by atoms with Crippen molar-refractivity contribution in [3.63, 3.8) is 0 Å². The first-order chi connectivity index (χ1) is 10.1. The Morgan fingerprint density at radius 1 is 1.29 bits per heavy atom. The number of hydrogen-bond donors (Lipinski definition) is 1. The van der Waals surface area contributed by atoms with Crippen molar-refractivity contribution >= 4 is 5.91 Å². The van der Waals surface area contributed by atoms with Crippen molar-refractivity contribution in [1.82, 2.24) is 10.2 Å². The van der Waals surface area contributed by atoms with Crippen LogP contribution in [0.1, 0.15) is 72.1 Å². The highest BCUT2D eigenvalue weighted by molar-refractivity contribution is 5.84. The second kappa shape index (κ2) is 5.91. The molecular formula is C18H32N2O. The van der Waals surface area contributed by atoms with Crippen molar-refractivity contribution in [2.45, 2.75) is 84.3 Å². The second-order valence-corrected chi connectivity index (χ2v) is 8.09. The first kappa shape index (κ1) is 15.3. The third kappa shape index (κ3) is 2.99. The number of nitrogens with one attached hydrogen (secondary N) is 1. The molecule has 21 heavy (non-hydrogen) atoms. The van der Waals surface area contributed by atoms with E-state index in [1.165, 1.54) is 51.4 Å². The van der Waals surface area contributed by atoms with Gasteiger partial charge in [-0.05, 0) is 49.4 Å². The Bertz CT molecular complexity index is 383. The van der Waals surface area contributed by atoms with E-state index in [-0.39, 0.29) is 6.04 Å². The third-order valence-electron chi connectivity index (χ3n) is 5.99. The van der Waals surface area contributed by atoms with Gasteiger partial charge in [0.2, 0.25) is 5.91 Å². The molecule has 2 unspecified atom stereocenters. The molecule has 0 bridgehead atoms. The minimum Gasteiger partial charge on any atom is -0.325 e. The van der Waals surface area contributed by atoms with Gasteiger partial charge in [0.25, 0.3) is 0 Å². The zero-order valence-electron chi connectivity index (χ0n) is 14.0. The molecule has 120 valence electrons. The summed E-state index contributed by atoms with van der Waals surface area (Å²) in [5.74, 6) is 1.46. The average molecular weight is 292 g/mol. The topological polar surface area (TPSA) is 32.3 Å². The molecule has 1 heterocycles. The highest BCUT2D eigenvalue weighted by Crippen LogP contribution is 2.51. The lowest BCUT2D eigenvalue weighted by Crippen LogP contribution is -2.45. The number of carbonyl (C=O) groups excluding carboxylic acids is 1. The van der Waals surface area contributed by atoms with Crippen molar-refractivity contribution in [3.05, 3.63) is 0 Å². The Morgan fingerprint density at radius 2 is 1.95 bits per heavy atom. The van der Waals surface area contributed by atoms with E-state index >= 15 is 0 Å². The van der Waals surface area contributed by atoms with E-state index in [0.717, 1.165) is 6.54 Å². The summed E-state index contributed by atoms with van der Waals surface area (Å²) in [6, 6.07) is 0.0491. The van der Waals surface area contributed by atoms with Crippen LogP contribution in [0.4, 0.5) is 0 Å². The normalized spacial score (nSPS) is 32.4. The predicted octanol–water partition coefficient (Wildman–Crippen LogP) is 3.54. The molecule has 3 nitrogen and oxygen atoms in total. The Balaban J connectivity index is 1.74. The lowest BCUT2D eigenvalue weighted by Gasteiger charge is -2.32. The van der Waals surface area contributed by atoms with Crippen LogP contribution in [-0.4, -0.2) is 29.6 Å². The van der Waals surface area contributed by atoms with Gasteiger partial charge < -0.3 is 4.90 Å². The fourth-order valence-corrected chi connectivity index (χ4v) is 4.53. The molecule has 2 aliphatic carbocycles. The molecule has 0 aromatic rings. The van der Waals surface area contributed by atoms with Crippen LogP contribution in [0.2, 0.25) is 0 Å². The Labute approximate surface area is 129 Å². The molecule has 1 N–H and O–H groups in total. The number of nitrogens with zero attached hydrogens (tertiary/aromatic N) is 1. The minimum absolute atomic E-state index is 0.0491. The van der Waals surface area contributed by atoms with Crippen LogP contribution in [-0.2, 0) is 4.79 Å². The molecule has 1 amide bonds. The van der Waals surface area contributed by atoms with Crippen LogP contribution < -0.4 is 5.32 Å². The molecule has 0 aromatic carbocycles. The molecule has 2 atom stereocenters. The van der Waals surface area contributed by atoms with Crippen LogP contribution in [0.5, 0.6) is 0 Å². The van der Waals surface area contributed by atoms with E-state index in [1.54, 1.807) is 0 Å². The first-order valence-corrected chi connectivity index (χ1v) is 9.13. The van der Waals surface area contributed by atoms with Crippen molar-refractivity contribution < 1.29 is 4.79 Å². The first-order valence-electron chi connectivity index (χ1n) is 9.13. The monoisotopic (exact) mass is 292 g/mol. The van der Waals surface area contributed by atoms with Gasteiger partial charge in [0, 0.05) is 6.54 Å². The number of hydrogen-bond acceptors (Lipinski definition) is 2. The molecule has 3 fully saturated rings. The van der Waals surface area contributed by atoms with E-state index in [9.17, 15) is 4.79 Å². The summed E-state index contributed by atoms with van der Waals surface area (Å²) in [6.07, 6.45) is 10.8. The van der Waals surface area contributed by atoms with Crippen LogP contribution in [0.15, 0.2) is 0 Å². The summed E-state index contributed by atoms with van der Waals surface area (Å²) in [6.45, 7) is 7.62. The van der Waals surface area contributed by atoms with Gasteiger partial charge in [-0.15, -0.1) is 0 Å². The Hall–Kier alpha value is -0.570. The maximum atomic E-state index is 12.9. The molecule has 3 heteroatoms. The Kier molecular flexibility index (Phi) is 4.31. The molecule has 0 spiro atoms. The third-order valence-corrected chi connectivity index (χ3v) is 5.99. The maximum absolute atomic E-state index is 12.9. The van der Waals surface area contributed by atoms with Gasteiger partial charge >= 0.3 is 0 Å². The van der Waals surface area contributed by atoms with Crippen LogP contribution >= 0.6 is 0 Å². The molecule has 2 saturated carbocycles. The molecule has 3 aliphatic rings. The van der Waals surface area contributed by atoms with Crippen LogP contribution in [0.25, 0.3) is 0 Å². The van der Waals surface area contributed by atoms with Crippen molar-refractivity contribution in [1.29, 1.82) is 0 Å². The largest absolute Gasteiger partial charge is 0.325 e. The molecule has 0 radical (unpaired) electrons.